The topological polar surface area (TPSA) is 98.3 Å². The van der Waals surface area contributed by atoms with Crippen LogP contribution in [0.3, 0.4) is 0 Å². The fourth-order valence-electron chi connectivity index (χ4n) is 1.62. The third-order valence-corrected chi connectivity index (χ3v) is 3.00. The van der Waals surface area contributed by atoms with Gasteiger partial charge >= 0.3 is 5.69 Å². The van der Waals surface area contributed by atoms with Gasteiger partial charge in [-0.1, -0.05) is 11.6 Å². The standard InChI is InChI=1S/C13H9ClFN3O3/c14-9-3-1-7(5-11(9)16)13(19)17-8-2-4-10(15)12(6-8)18(20)21/h1-6H,16H2,(H,17,19). The fourth-order valence-corrected chi connectivity index (χ4v) is 1.74. The Kier molecular flexibility index (Phi) is 4.04. The van der Waals surface area contributed by atoms with Crippen molar-refractivity contribution in [2.75, 3.05) is 11.1 Å². The van der Waals surface area contributed by atoms with E-state index in [0.29, 0.717) is 5.02 Å². The number of carbonyl (C=O) groups excluding carboxylic acids is 1. The Balaban J connectivity index is 2.25. The molecule has 0 bridgehead atoms. The zero-order valence-electron chi connectivity index (χ0n) is 10.5. The normalized spacial score (nSPS) is 10.2. The number of rotatable bonds is 3. The highest BCUT2D eigenvalue weighted by Crippen LogP contribution is 2.23. The third kappa shape index (κ3) is 3.26. The number of benzene rings is 2. The molecular weight excluding hydrogens is 301 g/mol. The van der Waals surface area contributed by atoms with Crippen LogP contribution in [0.2, 0.25) is 5.02 Å². The van der Waals surface area contributed by atoms with Crippen molar-refractivity contribution in [1.82, 2.24) is 0 Å². The van der Waals surface area contributed by atoms with E-state index in [1.165, 1.54) is 24.3 Å². The van der Waals surface area contributed by atoms with Gasteiger partial charge in [0.15, 0.2) is 0 Å². The van der Waals surface area contributed by atoms with Crippen LogP contribution in [0.15, 0.2) is 36.4 Å². The van der Waals surface area contributed by atoms with Crippen molar-refractivity contribution in [3.8, 4) is 0 Å². The van der Waals surface area contributed by atoms with Crippen LogP contribution in [-0.2, 0) is 0 Å². The molecule has 0 unspecified atom stereocenters. The summed E-state index contributed by atoms with van der Waals surface area (Å²) in [6, 6.07) is 7.34. The molecule has 0 heterocycles. The van der Waals surface area contributed by atoms with Gasteiger partial charge in [0, 0.05) is 17.3 Å². The smallest absolute Gasteiger partial charge is 0.306 e. The second-order valence-electron chi connectivity index (χ2n) is 4.11. The average molecular weight is 310 g/mol. The van der Waals surface area contributed by atoms with Crippen LogP contribution in [0.1, 0.15) is 10.4 Å². The Morgan fingerprint density at radius 3 is 2.62 bits per heavy atom. The number of nitrogens with two attached hydrogens (primary N) is 1. The highest BCUT2D eigenvalue weighted by atomic mass is 35.5. The van der Waals surface area contributed by atoms with Crippen molar-refractivity contribution in [3.63, 3.8) is 0 Å². The number of hydrogen-bond acceptors (Lipinski definition) is 4. The number of carbonyl (C=O) groups is 1. The Morgan fingerprint density at radius 2 is 2.00 bits per heavy atom. The van der Waals surface area contributed by atoms with E-state index in [2.05, 4.69) is 5.32 Å². The lowest BCUT2D eigenvalue weighted by Gasteiger charge is -2.07. The van der Waals surface area contributed by atoms with Crippen LogP contribution in [-0.4, -0.2) is 10.8 Å². The summed E-state index contributed by atoms with van der Waals surface area (Å²) in [7, 11) is 0. The van der Waals surface area contributed by atoms with Gasteiger partial charge in [-0.25, -0.2) is 0 Å². The lowest BCUT2D eigenvalue weighted by atomic mass is 10.2. The maximum absolute atomic E-state index is 13.2. The number of nitrogens with zero attached hydrogens (tertiary/aromatic N) is 1. The van der Waals surface area contributed by atoms with E-state index in [4.69, 9.17) is 17.3 Å². The molecule has 1 amide bonds. The molecular formula is C13H9ClFN3O3. The number of nitro groups is 1. The Labute approximate surface area is 123 Å². The van der Waals surface area contributed by atoms with Crippen LogP contribution < -0.4 is 11.1 Å². The molecule has 108 valence electrons. The predicted molar refractivity (Wildman–Crippen MR) is 76.9 cm³/mol. The molecule has 0 saturated carbocycles. The maximum Gasteiger partial charge on any atom is 0.306 e. The second-order valence-corrected chi connectivity index (χ2v) is 4.52. The van der Waals surface area contributed by atoms with Gasteiger partial charge in [0.25, 0.3) is 5.91 Å². The monoisotopic (exact) mass is 309 g/mol. The first-order chi connectivity index (χ1) is 9.88. The predicted octanol–water partition coefficient (Wildman–Crippen LogP) is 3.22. The summed E-state index contributed by atoms with van der Waals surface area (Å²) in [6.07, 6.45) is 0. The first-order valence-electron chi connectivity index (χ1n) is 5.69. The van der Waals surface area contributed by atoms with E-state index >= 15 is 0 Å². The van der Waals surface area contributed by atoms with Crippen LogP contribution in [0.4, 0.5) is 21.5 Å². The van der Waals surface area contributed by atoms with E-state index in [-0.39, 0.29) is 16.9 Å². The average Bonchev–Trinajstić information content (AvgIpc) is 2.43. The molecule has 0 aromatic heterocycles. The van der Waals surface area contributed by atoms with Crippen molar-refractivity contribution in [1.29, 1.82) is 0 Å². The van der Waals surface area contributed by atoms with Gasteiger partial charge < -0.3 is 11.1 Å². The maximum atomic E-state index is 13.2. The number of anilines is 2. The molecule has 0 spiro atoms. The zero-order valence-corrected chi connectivity index (χ0v) is 11.2. The summed E-state index contributed by atoms with van der Waals surface area (Å²) >= 11 is 5.75. The number of amides is 1. The largest absolute Gasteiger partial charge is 0.398 e. The van der Waals surface area contributed by atoms with Crippen molar-refractivity contribution < 1.29 is 14.1 Å². The lowest BCUT2D eigenvalue weighted by Crippen LogP contribution is -2.12. The van der Waals surface area contributed by atoms with Gasteiger partial charge in [-0.05, 0) is 30.3 Å². The van der Waals surface area contributed by atoms with Crippen LogP contribution in [0, 0.1) is 15.9 Å². The molecule has 2 rings (SSSR count). The van der Waals surface area contributed by atoms with E-state index in [0.717, 1.165) is 12.1 Å². The van der Waals surface area contributed by atoms with Gasteiger partial charge in [0.05, 0.1) is 15.6 Å². The summed E-state index contributed by atoms with van der Waals surface area (Å²) in [5, 5.41) is 13.4. The molecule has 0 aliphatic carbocycles. The molecule has 0 aliphatic heterocycles. The molecule has 6 nitrogen and oxygen atoms in total. The lowest BCUT2D eigenvalue weighted by molar-refractivity contribution is -0.387. The van der Waals surface area contributed by atoms with Crippen LogP contribution >= 0.6 is 11.6 Å². The Bertz CT molecular complexity index is 737. The molecule has 2 aromatic carbocycles. The van der Waals surface area contributed by atoms with E-state index in [9.17, 15) is 19.3 Å². The van der Waals surface area contributed by atoms with E-state index in [1.54, 1.807) is 0 Å². The molecule has 0 fully saturated rings. The molecule has 8 heteroatoms. The third-order valence-electron chi connectivity index (χ3n) is 2.66. The summed E-state index contributed by atoms with van der Waals surface area (Å²) in [4.78, 5) is 21.7. The number of nitrogens with one attached hydrogen (secondary N) is 1. The highest BCUT2D eigenvalue weighted by molar-refractivity contribution is 6.33. The molecule has 21 heavy (non-hydrogen) atoms. The quantitative estimate of drug-likeness (QED) is 0.516. The second kappa shape index (κ2) is 5.76. The first kappa shape index (κ1) is 14.7. The van der Waals surface area contributed by atoms with Crippen LogP contribution in [0.25, 0.3) is 0 Å². The van der Waals surface area contributed by atoms with Gasteiger partial charge in [-0.2, -0.15) is 4.39 Å². The molecule has 3 N–H and O–H groups in total. The van der Waals surface area contributed by atoms with Crippen molar-refractivity contribution in [3.05, 3.63) is 62.9 Å². The summed E-state index contributed by atoms with van der Waals surface area (Å²) in [5.41, 5.74) is 5.42. The van der Waals surface area contributed by atoms with Gasteiger partial charge in [-0.3, -0.25) is 14.9 Å². The minimum atomic E-state index is -0.978. The highest BCUT2D eigenvalue weighted by Gasteiger charge is 2.16. The van der Waals surface area contributed by atoms with Crippen molar-refractivity contribution in [2.45, 2.75) is 0 Å². The summed E-state index contributed by atoms with van der Waals surface area (Å²) in [6.45, 7) is 0. The molecule has 0 saturated heterocycles. The van der Waals surface area contributed by atoms with Gasteiger partial charge in [-0.15, -0.1) is 0 Å². The number of halogens is 2. The Hall–Kier alpha value is -2.67. The molecule has 0 atom stereocenters. The SMILES string of the molecule is Nc1cc(C(=O)Nc2ccc(F)c([N+](=O)[O-])c2)ccc1Cl. The molecule has 2 aromatic rings. The van der Waals surface area contributed by atoms with Crippen LogP contribution in [0.5, 0.6) is 0 Å². The number of nitro benzene ring substituents is 1. The first-order valence-corrected chi connectivity index (χ1v) is 6.06. The Morgan fingerprint density at radius 1 is 1.29 bits per heavy atom. The number of nitrogen functional groups attached to an aromatic ring is 1. The molecule has 0 radical (unpaired) electrons. The van der Waals surface area contributed by atoms with Crippen molar-refractivity contribution in [2.24, 2.45) is 0 Å². The summed E-state index contributed by atoms with van der Waals surface area (Å²) in [5.74, 6) is -1.52. The van der Waals surface area contributed by atoms with E-state index in [1.807, 2.05) is 0 Å². The zero-order chi connectivity index (χ0) is 15.6. The van der Waals surface area contributed by atoms with Crippen molar-refractivity contribution >= 4 is 34.6 Å². The minimum Gasteiger partial charge on any atom is -0.398 e. The van der Waals surface area contributed by atoms with Gasteiger partial charge in [0.2, 0.25) is 5.82 Å². The summed E-state index contributed by atoms with van der Waals surface area (Å²) < 4.78 is 13.2. The molecule has 0 aliphatic rings. The fraction of sp³-hybridized carbons (Fsp3) is 0. The minimum absolute atomic E-state index is 0.0987. The van der Waals surface area contributed by atoms with Gasteiger partial charge in [0.1, 0.15) is 0 Å². The number of hydrogen-bond donors (Lipinski definition) is 2. The van der Waals surface area contributed by atoms with E-state index < -0.39 is 22.3 Å².